The van der Waals surface area contributed by atoms with Crippen LogP contribution in [0.15, 0.2) is 23.1 Å². The zero-order valence-electron chi connectivity index (χ0n) is 16.9. The summed E-state index contributed by atoms with van der Waals surface area (Å²) in [6.45, 7) is 5.79. The Morgan fingerprint density at radius 2 is 2.00 bits per heavy atom. The van der Waals surface area contributed by atoms with Crippen LogP contribution in [0, 0.1) is 0 Å². The van der Waals surface area contributed by atoms with E-state index in [0.717, 1.165) is 43.0 Å². The number of hydrogen-bond acceptors (Lipinski definition) is 5. The lowest BCUT2D eigenvalue weighted by atomic mass is 10.1. The lowest BCUT2D eigenvalue weighted by Crippen LogP contribution is -2.44. The number of aromatic nitrogens is 2. The lowest BCUT2D eigenvalue weighted by molar-refractivity contribution is 0.182. The number of fused-ring (bicyclic) bond motifs is 1. The van der Waals surface area contributed by atoms with Gasteiger partial charge < -0.3 is 9.88 Å². The molecule has 2 aromatic rings. The standard InChI is InChI=1S/C18H29N5O2S.2ClH/c1-5-23-17-9-8-15(26(24,25)21(3)4)11-16(17)20-18(23)13-22-10-6-7-14(12-22)19-2;;/h8-9,11,14,19H,5-7,10,12-13H2,1-4H3;2*1H. The van der Waals surface area contributed by atoms with Crippen molar-refractivity contribution in [1.29, 1.82) is 0 Å². The van der Waals surface area contributed by atoms with Crippen LogP contribution in [0.1, 0.15) is 25.6 Å². The first kappa shape index (κ1) is 25.1. The van der Waals surface area contributed by atoms with Gasteiger partial charge in [-0.15, -0.1) is 24.8 Å². The zero-order chi connectivity index (χ0) is 18.9. The highest BCUT2D eigenvalue weighted by molar-refractivity contribution is 7.89. The van der Waals surface area contributed by atoms with Crippen LogP contribution in [0.3, 0.4) is 0 Å². The summed E-state index contributed by atoms with van der Waals surface area (Å²) >= 11 is 0. The number of benzene rings is 1. The van der Waals surface area contributed by atoms with Gasteiger partial charge in [0.05, 0.1) is 22.5 Å². The molecule has 0 spiro atoms. The number of hydrogen-bond donors (Lipinski definition) is 1. The third-order valence-corrected chi connectivity index (χ3v) is 6.98. The van der Waals surface area contributed by atoms with Crippen LogP contribution in [-0.4, -0.2) is 67.4 Å². The molecule has 7 nitrogen and oxygen atoms in total. The average molecular weight is 452 g/mol. The minimum Gasteiger partial charge on any atom is -0.327 e. The fraction of sp³-hybridized carbons (Fsp3) is 0.611. The van der Waals surface area contributed by atoms with Crippen molar-refractivity contribution >= 4 is 45.9 Å². The minimum atomic E-state index is -3.45. The molecule has 1 aromatic carbocycles. The molecular formula is C18H31Cl2N5O2S. The summed E-state index contributed by atoms with van der Waals surface area (Å²) in [5, 5.41) is 3.37. The summed E-state index contributed by atoms with van der Waals surface area (Å²) in [5.74, 6) is 0.999. The molecule has 0 amide bonds. The van der Waals surface area contributed by atoms with Gasteiger partial charge in [-0.25, -0.2) is 17.7 Å². The Morgan fingerprint density at radius 1 is 1.29 bits per heavy atom. The second-order valence-electron chi connectivity index (χ2n) is 7.07. The molecule has 1 aliphatic heterocycles. The van der Waals surface area contributed by atoms with Crippen LogP contribution >= 0.6 is 24.8 Å². The molecule has 0 bridgehead atoms. The van der Waals surface area contributed by atoms with Crippen LogP contribution in [0.2, 0.25) is 0 Å². The largest absolute Gasteiger partial charge is 0.327 e. The van der Waals surface area contributed by atoms with Gasteiger partial charge in [0.2, 0.25) is 10.0 Å². The van der Waals surface area contributed by atoms with E-state index in [1.165, 1.54) is 17.1 Å². The average Bonchev–Trinajstić information content (AvgIpc) is 2.97. The fourth-order valence-corrected chi connectivity index (χ4v) is 4.56. The first-order chi connectivity index (χ1) is 12.4. The van der Waals surface area contributed by atoms with E-state index in [0.29, 0.717) is 6.04 Å². The molecule has 1 saturated heterocycles. The number of piperidine rings is 1. The van der Waals surface area contributed by atoms with Crippen molar-refractivity contribution in [2.45, 2.75) is 43.8 Å². The number of halogens is 2. The highest BCUT2D eigenvalue weighted by Crippen LogP contribution is 2.23. The first-order valence-electron chi connectivity index (χ1n) is 9.18. The van der Waals surface area contributed by atoms with Gasteiger partial charge in [-0.1, -0.05) is 0 Å². The Bertz CT molecular complexity index is 885. The summed E-state index contributed by atoms with van der Waals surface area (Å²) in [6, 6.07) is 5.76. The normalized spacial score (nSPS) is 18.1. The Labute approximate surface area is 180 Å². The predicted molar refractivity (Wildman–Crippen MR) is 118 cm³/mol. The van der Waals surface area contributed by atoms with E-state index in [2.05, 4.69) is 21.7 Å². The van der Waals surface area contributed by atoms with Gasteiger partial charge in [-0.3, -0.25) is 4.90 Å². The number of nitrogens with one attached hydrogen (secondary N) is 1. The van der Waals surface area contributed by atoms with Crippen LogP contribution in [0.4, 0.5) is 0 Å². The predicted octanol–water partition coefficient (Wildman–Crippen LogP) is 2.33. The van der Waals surface area contributed by atoms with E-state index in [-0.39, 0.29) is 29.7 Å². The van der Waals surface area contributed by atoms with Gasteiger partial charge >= 0.3 is 0 Å². The van der Waals surface area contributed by atoms with Gasteiger partial charge in [0.15, 0.2) is 0 Å². The molecule has 1 atom stereocenters. The van der Waals surface area contributed by atoms with Crippen molar-refractivity contribution in [1.82, 2.24) is 24.1 Å². The number of nitrogens with zero attached hydrogens (tertiary/aromatic N) is 4. The van der Waals surface area contributed by atoms with Crippen LogP contribution in [-0.2, 0) is 23.1 Å². The molecule has 1 unspecified atom stereocenters. The minimum absolute atomic E-state index is 0. The number of aryl methyl sites for hydroxylation is 1. The molecule has 2 heterocycles. The summed E-state index contributed by atoms with van der Waals surface area (Å²) in [5.41, 5.74) is 1.73. The second-order valence-corrected chi connectivity index (χ2v) is 9.23. The number of likely N-dealkylation sites (tertiary alicyclic amines) is 1. The van der Waals surface area contributed by atoms with Crippen LogP contribution < -0.4 is 5.32 Å². The summed E-state index contributed by atoms with van der Waals surface area (Å²) in [7, 11) is 1.66. The van der Waals surface area contributed by atoms with Gasteiger partial charge in [0.1, 0.15) is 5.82 Å². The van der Waals surface area contributed by atoms with Crippen LogP contribution in [0.25, 0.3) is 11.0 Å². The van der Waals surface area contributed by atoms with Gasteiger partial charge in [-0.05, 0) is 51.6 Å². The van der Waals surface area contributed by atoms with E-state index < -0.39 is 10.0 Å². The molecule has 3 rings (SSSR count). The number of sulfonamides is 1. The lowest BCUT2D eigenvalue weighted by Gasteiger charge is -2.32. The smallest absolute Gasteiger partial charge is 0.242 e. The molecule has 10 heteroatoms. The van der Waals surface area contributed by atoms with E-state index in [1.807, 2.05) is 13.1 Å². The Balaban J connectivity index is 0.00000196. The monoisotopic (exact) mass is 451 g/mol. The summed E-state index contributed by atoms with van der Waals surface area (Å²) < 4.78 is 28.2. The number of likely N-dealkylation sites (N-methyl/N-ethyl adjacent to an activating group) is 1. The van der Waals surface area contributed by atoms with Crippen molar-refractivity contribution in [3.63, 3.8) is 0 Å². The summed E-state index contributed by atoms with van der Waals surface area (Å²) in [6.07, 6.45) is 2.39. The van der Waals surface area contributed by atoms with E-state index in [1.54, 1.807) is 26.2 Å². The molecule has 0 radical (unpaired) electrons. The van der Waals surface area contributed by atoms with E-state index in [4.69, 9.17) is 4.98 Å². The molecule has 0 aliphatic carbocycles. The van der Waals surface area contributed by atoms with Crippen molar-refractivity contribution in [2.75, 3.05) is 34.2 Å². The molecule has 1 N–H and O–H groups in total. The molecule has 28 heavy (non-hydrogen) atoms. The maximum absolute atomic E-state index is 12.4. The molecule has 1 aliphatic rings. The van der Waals surface area contributed by atoms with Gasteiger partial charge in [0.25, 0.3) is 0 Å². The van der Waals surface area contributed by atoms with Crippen molar-refractivity contribution in [2.24, 2.45) is 0 Å². The third-order valence-electron chi connectivity index (χ3n) is 5.17. The SMILES string of the molecule is CCn1c(CN2CCCC(NC)C2)nc2cc(S(=O)(=O)N(C)C)ccc21.Cl.Cl. The van der Waals surface area contributed by atoms with Crippen molar-refractivity contribution in [3.05, 3.63) is 24.0 Å². The first-order valence-corrected chi connectivity index (χ1v) is 10.6. The topological polar surface area (TPSA) is 70.5 Å². The highest BCUT2D eigenvalue weighted by Gasteiger charge is 2.22. The highest BCUT2D eigenvalue weighted by atomic mass is 35.5. The molecule has 1 fully saturated rings. The molecule has 0 saturated carbocycles. The Morgan fingerprint density at radius 3 is 2.61 bits per heavy atom. The summed E-state index contributed by atoms with van der Waals surface area (Å²) in [4.78, 5) is 7.49. The maximum Gasteiger partial charge on any atom is 0.242 e. The third kappa shape index (κ3) is 4.98. The fourth-order valence-electron chi connectivity index (χ4n) is 3.64. The molecule has 1 aromatic heterocycles. The van der Waals surface area contributed by atoms with E-state index in [9.17, 15) is 8.42 Å². The zero-order valence-corrected chi connectivity index (χ0v) is 19.3. The molecule has 160 valence electrons. The Hall–Kier alpha value is -0.900. The second kappa shape index (κ2) is 10.2. The number of rotatable bonds is 6. The maximum atomic E-state index is 12.4. The molecular weight excluding hydrogens is 421 g/mol. The van der Waals surface area contributed by atoms with Crippen LogP contribution in [0.5, 0.6) is 0 Å². The van der Waals surface area contributed by atoms with Gasteiger partial charge in [-0.2, -0.15) is 0 Å². The quantitative estimate of drug-likeness (QED) is 0.729. The van der Waals surface area contributed by atoms with Gasteiger partial charge in [0, 0.05) is 33.2 Å². The van der Waals surface area contributed by atoms with E-state index >= 15 is 0 Å². The van der Waals surface area contributed by atoms with Crippen molar-refractivity contribution < 1.29 is 8.42 Å². The van der Waals surface area contributed by atoms with Crippen molar-refractivity contribution in [3.8, 4) is 0 Å². The number of imidazole rings is 1. The Kier molecular flexibility index (Phi) is 9.18.